The molecule has 1 aromatic carbocycles. The van der Waals surface area contributed by atoms with Crippen LogP contribution < -0.4 is 0 Å². The number of H-pyrrole nitrogens is 1. The standard InChI is InChI=1S/C11H11NO/c1-7-3-4-8(2)11-10(7)9(6-13)5-12-11/h3-6,12H,1-2H3. The van der Waals surface area contributed by atoms with Gasteiger partial charge in [-0.25, -0.2) is 0 Å². The van der Waals surface area contributed by atoms with Gasteiger partial charge < -0.3 is 4.98 Å². The number of benzene rings is 1. The van der Waals surface area contributed by atoms with Crippen LogP contribution in [0.1, 0.15) is 21.5 Å². The van der Waals surface area contributed by atoms with E-state index in [-0.39, 0.29) is 0 Å². The number of aldehydes is 1. The van der Waals surface area contributed by atoms with Crippen LogP contribution in [-0.4, -0.2) is 11.3 Å². The van der Waals surface area contributed by atoms with Crippen LogP contribution in [-0.2, 0) is 0 Å². The molecule has 1 aromatic heterocycles. The fraction of sp³-hybridized carbons (Fsp3) is 0.182. The molecule has 0 unspecified atom stereocenters. The average Bonchev–Trinajstić information content (AvgIpc) is 2.56. The highest BCUT2D eigenvalue weighted by molar-refractivity contribution is 6.00. The number of rotatable bonds is 1. The lowest BCUT2D eigenvalue weighted by atomic mass is 10.1. The molecule has 1 heterocycles. The number of hydrogen-bond donors (Lipinski definition) is 1. The van der Waals surface area contributed by atoms with Crippen LogP contribution in [0.5, 0.6) is 0 Å². The lowest BCUT2D eigenvalue weighted by Crippen LogP contribution is -1.82. The maximum Gasteiger partial charge on any atom is 0.152 e. The van der Waals surface area contributed by atoms with E-state index in [1.165, 1.54) is 5.56 Å². The molecule has 2 rings (SSSR count). The van der Waals surface area contributed by atoms with Gasteiger partial charge in [-0.1, -0.05) is 12.1 Å². The van der Waals surface area contributed by atoms with Crippen molar-refractivity contribution in [2.45, 2.75) is 13.8 Å². The van der Waals surface area contributed by atoms with Gasteiger partial charge >= 0.3 is 0 Å². The van der Waals surface area contributed by atoms with Crippen molar-refractivity contribution in [2.24, 2.45) is 0 Å². The second-order valence-electron chi connectivity index (χ2n) is 3.31. The highest BCUT2D eigenvalue weighted by atomic mass is 16.1. The Kier molecular flexibility index (Phi) is 1.69. The Balaban J connectivity index is 2.95. The maximum absolute atomic E-state index is 10.7. The Labute approximate surface area is 76.6 Å². The van der Waals surface area contributed by atoms with Gasteiger partial charge in [0.1, 0.15) is 0 Å². The Bertz CT molecular complexity index is 468. The van der Waals surface area contributed by atoms with Gasteiger partial charge in [-0.05, 0) is 25.0 Å². The lowest BCUT2D eigenvalue weighted by molar-refractivity contribution is 0.112. The summed E-state index contributed by atoms with van der Waals surface area (Å²) < 4.78 is 0. The molecular weight excluding hydrogens is 162 g/mol. The number of fused-ring (bicyclic) bond motifs is 1. The predicted octanol–water partition coefficient (Wildman–Crippen LogP) is 2.60. The van der Waals surface area contributed by atoms with E-state index in [9.17, 15) is 4.79 Å². The zero-order valence-corrected chi connectivity index (χ0v) is 7.72. The fourth-order valence-corrected chi connectivity index (χ4v) is 1.68. The van der Waals surface area contributed by atoms with Crippen molar-refractivity contribution in [2.75, 3.05) is 0 Å². The molecule has 0 saturated carbocycles. The van der Waals surface area contributed by atoms with Crippen LogP contribution in [0.2, 0.25) is 0 Å². The number of carbonyl (C=O) groups excluding carboxylic acids is 1. The lowest BCUT2D eigenvalue weighted by Gasteiger charge is -1.99. The Hall–Kier alpha value is -1.57. The molecule has 0 bridgehead atoms. The van der Waals surface area contributed by atoms with Crippen molar-refractivity contribution in [3.63, 3.8) is 0 Å². The minimum atomic E-state index is 0.746. The summed E-state index contributed by atoms with van der Waals surface area (Å²) in [5.41, 5.74) is 4.14. The van der Waals surface area contributed by atoms with Gasteiger partial charge in [-0.3, -0.25) is 4.79 Å². The smallest absolute Gasteiger partial charge is 0.152 e. The van der Waals surface area contributed by atoms with E-state index in [2.05, 4.69) is 11.1 Å². The summed E-state index contributed by atoms with van der Waals surface area (Å²) in [6.45, 7) is 4.05. The van der Waals surface area contributed by atoms with E-state index < -0.39 is 0 Å². The Morgan fingerprint density at radius 2 is 1.92 bits per heavy atom. The Morgan fingerprint density at radius 3 is 2.62 bits per heavy atom. The summed E-state index contributed by atoms with van der Waals surface area (Å²) >= 11 is 0. The maximum atomic E-state index is 10.7. The van der Waals surface area contributed by atoms with Crippen LogP contribution in [0.25, 0.3) is 10.9 Å². The van der Waals surface area contributed by atoms with Gasteiger partial charge in [0.25, 0.3) is 0 Å². The summed E-state index contributed by atoms with van der Waals surface area (Å²) in [5, 5.41) is 1.05. The van der Waals surface area contributed by atoms with Crippen LogP contribution >= 0.6 is 0 Å². The SMILES string of the molecule is Cc1ccc(C)c2c(C=O)c[nH]c12. The van der Waals surface area contributed by atoms with Crippen molar-refractivity contribution in [1.82, 2.24) is 4.98 Å². The van der Waals surface area contributed by atoms with Crippen LogP contribution in [0, 0.1) is 13.8 Å². The summed E-state index contributed by atoms with van der Waals surface area (Å²) in [7, 11) is 0. The zero-order chi connectivity index (χ0) is 9.42. The van der Waals surface area contributed by atoms with E-state index >= 15 is 0 Å². The quantitative estimate of drug-likeness (QED) is 0.660. The van der Waals surface area contributed by atoms with Gasteiger partial charge in [-0.2, -0.15) is 0 Å². The molecule has 2 nitrogen and oxygen atoms in total. The number of aryl methyl sites for hydroxylation is 2. The molecule has 0 spiro atoms. The zero-order valence-electron chi connectivity index (χ0n) is 7.72. The molecule has 0 aliphatic carbocycles. The van der Waals surface area contributed by atoms with E-state index in [1.54, 1.807) is 6.20 Å². The summed E-state index contributed by atoms with van der Waals surface area (Å²) in [4.78, 5) is 13.8. The minimum absolute atomic E-state index is 0.746. The number of nitrogens with one attached hydrogen (secondary N) is 1. The summed E-state index contributed by atoms with van der Waals surface area (Å²) in [6, 6.07) is 4.10. The number of carbonyl (C=O) groups is 1. The molecule has 66 valence electrons. The highest BCUT2D eigenvalue weighted by Gasteiger charge is 2.06. The van der Waals surface area contributed by atoms with Crippen molar-refractivity contribution in [3.8, 4) is 0 Å². The first-order valence-corrected chi connectivity index (χ1v) is 4.26. The molecule has 0 radical (unpaired) electrons. The monoisotopic (exact) mass is 173 g/mol. The van der Waals surface area contributed by atoms with Gasteiger partial charge in [0.2, 0.25) is 0 Å². The number of aromatic amines is 1. The molecule has 1 N–H and O–H groups in total. The van der Waals surface area contributed by atoms with E-state index in [4.69, 9.17) is 0 Å². The predicted molar refractivity (Wildman–Crippen MR) is 53.2 cm³/mol. The molecule has 13 heavy (non-hydrogen) atoms. The molecule has 2 heteroatoms. The molecule has 0 amide bonds. The largest absolute Gasteiger partial charge is 0.360 e. The third kappa shape index (κ3) is 1.06. The van der Waals surface area contributed by atoms with Crippen LogP contribution in [0.4, 0.5) is 0 Å². The first-order chi connectivity index (χ1) is 6.24. The van der Waals surface area contributed by atoms with Crippen molar-refractivity contribution in [3.05, 3.63) is 35.0 Å². The van der Waals surface area contributed by atoms with E-state index in [0.29, 0.717) is 0 Å². The molecule has 0 atom stereocenters. The van der Waals surface area contributed by atoms with Crippen molar-refractivity contribution in [1.29, 1.82) is 0 Å². The van der Waals surface area contributed by atoms with Crippen molar-refractivity contribution >= 4 is 17.2 Å². The molecule has 0 aliphatic rings. The third-order valence-corrected chi connectivity index (χ3v) is 2.41. The molecule has 0 aliphatic heterocycles. The Morgan fingerprint density at radius 1 is 1.23 bits per heavy atom. The molecule has 0 fully saturated rings. The van der Waals surface area contributed by atoms with E-state index in [1.807, 2.05) is 19.9 Å². The molecule has 2 aromatic rings. The second kappa shape index (κ2) is 2.73. The van der Waals surface area contributed by atoms with Gasteiger partial charge in [0.05, 0.1) is 0 Å². The first-order valence-electron chi connectivity index (χ1n) is 4.26. The fourth-order valence-electron chi connectivity index (χ4n) is 1.68. The normalized spacial score (nSPS) is 10.6. The van der Waals surface area contributed by atoms with Crippen LogP contribution in [0.15, 0.2) is 18.3 Å². The molecular formula is C11H11NO. The molecule has 0 saturated heterocycles. The highest BCUT2D eigenvalue weighted by Crippen LogP contribution is 2.23. The number of aromatic nitrogens is 1. The van der Waals surface area contributed by atoms with Gasteiger partial charge in [-0.15, -0.1) is 0 Å². The van der Waals surface area contributed by atoms with Crippen molar-refractivity contribution < 1.29 is 4.79 Å². The minimum Gasteiger partial charge on any atom is -0.360 e. The van der Waals surface area contributed by atoms with Crippen LogP contribution in [0.3, 0.4) is 0 Å². The topological polar surface area (TPSA) is 32.9 Å². The third-order valence-electron chi connectivity index (χ3n) is 2.41. The summed E-state index contributed by atoms with van der Waals surface area (Å²) in [5.74, 6) is 0. The van der Waals surface area contributed by atoms with Gasteiger partial charge in [0, 0.05) is 22.7 Å². The van der Waals surface area contributed by atoms with Gasteiger partial charge in [0.15, 0.2) is 6.29 Å². The number of hydrogen-bond acceptors (Lipinski definition) is 1. The first kappa shape index (κ1) is 8.05. The van der Waals surface area contributed by atoms with E-state index in [0.717, 1.165) is 28.3 Å². The second-order valence-corrected chi connectivity index (χ2v) is 3.31. The average molecular weight is 173 g/mol. The summed E-state index contributed by atoms with van der Waals surface area (Å²) in [6.07, 6.45) is 2.66.